The second-order valence-corrected chi connectivity index (χ2v) is 7.83. The molecule has 0 amide bonds. The molecule has 0 aliphatic heterocycles. The zero-order chi connectivity index (χ0) is 20.1. The van der Waals surface area contributed by atoms with Gasteiger partial charge in [0, 0.05) is 7.05 Å². The van der Waals surface area contributed by atoms with Gasteiger partial charge in [0.05, 0.1) is 27.8 Å². The highest BCUT2D eigenvalue weighted by molar-refractivity contribution is 7.92. The van der Waals surface area contributed by atoms with E-state index in [-0.39, 0.29) is 10.6 Å². The lowest BCUT2D eigenvalue weighted by atomic mass is 10.1. The lowest BCUT2D eigenvalue weighted by Crippen LogP contribution is -2.26. The molecule has 6 nitrogen and oxygen atoms in total. The van der Waals surface area contributed by atoms with E-state index in [1.807, 2.05) is 6.07 Å². The van der Waals surface area contributed by atoms with Crippen molar-refractivity contribution in [2.45, 2.75) is 4.90 Å². The summed E-state index contributed by atoms with van der Waals surface area (Å²) in [5, 5.41) is 8.79. The smallest absolute Gasteiger partial charge is 0.343 e. The van der Waals surface area contributed by atoms with Gasteiger partial charge in [-0.15, -0.1) is 0 Å². The zero-order valence-corrected chi connectivity index (χ0v) is 15.8. The molecule has 0 aromatic heterocycles. The highest BCUT2D eigenvalue weighted by Crippen LogP contribution is 2.24. The Morgan fingerprint density at radius 1 is 0.929 bits per heavy atom. The maximum atomic E-state index is 12.7. The molecule has 0 saturated carbocycles. The summed E-state index contributed by atoms with van der Waals surface area (Å²) in [6.07, 6.45) is 0. The molecule has 7 heteroatoms. The standard InChI is InChI=1S/C21H16N2O4S/c1-23(28(25,26)20-5-3-2-4-6-20)18-11-13-19(14-12-18)27-21(24)17-9-7-16(15-22)8-10-17/h2-14H,1H3. The number of hydrogen-bond acceptors (Lipinski definition) is 5. The summed E-state index contributed by atoms with van der Waals surface area (Å²) in [6.45, 7) is 0. The molecule has 0 aliphatic rings. The van der Waals surface area contributed by atoms with Crippen molar-refractivity contribution in [3.8, 4) is 11.8 Å². The Hall–Kier alpha value is -3.63. The maximum Gasteiger partial charge on any atom is 0.343 e. The van der Waals surface area contributed by atoms with Crippen LogP contribution in [0.3, 0.4) is 0 Å². The summed E-state index contributed by atoms with van der Waals surface area (Å²) in [5.41, 5.74) is 1.19. The Bertz CT molecular complexity index is 1120. The van der Waals surface area contributed by atoms with Crippen LogP contribution in [0.1, 0.15) is 15.9 Å². The summed E-state index contributed by atoms with van der Waals surface area (Å²) in [6, 6.07) is 22.3. The largest absolute Gasteiger partial charge is 0.423 e. The van der Waals surface area contributed by atoms with Gasteiger partial charge in [0.1, 0.15) is 5.75 Å². The van der Waals surface area contributed by atoms with Crippen LogP contribution in [0, 0.1) is 11.3 Å². The van der Waals surface area contributed by atoms with Gasteiger partial charge in [-0.3, -0.25) is 4.31 Å². The minimum atomic E-state index is -3.68. The van der Waals surface area contributed by atoms with E-state index in [0.717, 1.165) is 4.31 Å². The second-order valence-electron chi connectivity index (χ2n) is 5.86. The van der Waals surface area contributed by atoms with E-state index in [1.165, 1.54) is 55.6 Å². The second kappa shape index (κ2) is 7.94. The third-order valence-corrected chi connectivity index (χ3v) is 5.86. The number of carbonyl (C=O) groups excluding carboxylic acids is 1. The number of nitriles is 1. The average molecular weight is 392 g/mol. The molecule has 0 atom stereocenters. The first-order valence-corrected chi connectivity index (χ1v) is 9.72. The highest BCUT2D eigenvalue weighted by Gasteiger charge is 2.21. The van der Waals surface area contributed by atoms with Gasteiger partial charge in [0.2, 0.25) is 0 Å². The number of hydrogen-bond donors (Lipinski definition) is 0. The molecule has 0 N–H and O–H groups in total. The Kier molecular flexibility index (Phi) is 5.43. The van der Waals surface area contributed by atoms with Crippen molar-refractivity contribution in [2.24, 2.45) is 0 Å². The molecule has 0 spiro atoms. The maximum absolute atomic E-state index is 12.7. The summed E-state index contributed by atoms with van der Waals surface area (Å²) >= 11 is 0. The molecule has 0 aliphatic carbocycles. The van der Waals surface area contributed by atoms with E-state index in [2.05, 4.69) is 0 Å². The minimum Gasteiger partial charge on any atom is -0.423 e. The number of anilines is 1. The van der Waals surface area contributed by atoms with Crippen LogP contribution in [0.4, 0.5) is 5.69 Å². The highest BCUT2D eigenvalue weighted by atomic mass is 32.2. The van der Waals surface area contributed by atoms with Crippen LogP contribution in [-0.2, 0) is 10.0 Å². The predicted molar refractivity (Wildman–Crippen MR) is 105 cm³/mol. The molecule has 140 valence electrons. The van der Waals surface area contributed by atoms with Crippen molar-refractivity contribution in [1.82, 2.24) is 0 Å². The van der Waals surface area contributed by atoms with Crippen LogP contribution in [-0.4, -0.2) is 21.4 Å². The molecule has 0 unspecified atom stereocenters. The number of rotatable bonds is 5. The van der Waals surface area contributed by atoms with E-state index in [4.69, 9.17) is 10.00 Å². The van der Waals surface area contributed by atoms with Crippen molar-refractivity contribution >= 4 is 21.7 Å². The number of carbonyl (C=O) groups is 1. The monoisotopic (exact) mass is 392 g/mol. The van der Waals surface area contributed by atoms with Crippen LogP contribution in [0.25, 0.3) is 0 Å². The number of ether oxygens (including phenoxy) is 1. The molecule has 0 fully saturated rings. The number of esters is 1. The van der Waals surface area contributed by atoms with Gasteiger partial charge in [-0.25, -0.2) is 13.2 Å². The summed E-state index contributed by atoms with van der Waals surface area (Å²) in [7, 11) is -2.22. The lowest BCUT2D eigenvalue weighted by Gasteiger charge is -2.19. The van der Waals surface area contributed by atoms with Crippen LogP contribution >= 0.6 is 0 Å². The van der Waals surface area contributed by atoms with Gasteiger partial charge in [-0.05, 0) is 60.7 Å². The summed E-state index contributed by atoms with van der Waals surface area (Å²) in [4.78, 5) is 12.4. The molecule has 0 heterocycles. The van der Waals surface area contributed by atoms with E-state index < -0.39 is 16.0 Å². The molecule has 3 aromatic carbocycles. The number of benzene rings is 3. The van der Waals surface area contributed by atoms with Gasteiger partial charge >= 0.3 is 5.97 Å². The molecular weight excluding hydrogens is 376 g/mol. The van der Waals surface area contributed by atoms with Gasteiger partial charge < -0.3 is 4.74 Å². The fraction of sp³-hybridized carbons (Fsp3) is 0.0476. The predicted octanol–water partition coefficient (Wildman–Crippen LogP) is 3.60. The SMILES string of the molecule is CN(c1ccc(OC(=O)c2ccc(C#N)cc2)cc1)S(=O)(=O)c1ccccc1. The Labute approximate surface area is 163 Å². The molecular formula is C21H16N2O4S. The van der Waals surface area contributed by atoms with Crippen molar-refractivity contribution in [3.63, 3.8) is 0 Å². The van der Waals surface area contributed by atoms with Crippen molar-refractivity contribution < 1.29 is 17.9 Å². The van der Waals surface area contributed by atoms with E-state index in [9.17, 15) is 13.2 Å². The van der Waals surface area contributed by atoms with E-state index >= 15 is 0 Å². The third-order valence-electron chi connectivity index (χ3n) is 4.06. The summed E-state index contributed by atoms with van der Waals surface area (Å²) in [5.74, 6) is -0.286. The molecule has 3 aromatic rings. The lowest BCUT2D eigenvalue weighted by molar-refractivity contribution is 0.0734. The van der Waals surface area contributed by atoms with Crippen LogP contribution in [0.2, 0.25) is 0 Å². The van der Waals surface area contributed by atoms with E-state index in [1.54, 1.807) is 30.3 Å². The first-order chi connectivity index (χ1) is 13.4. The molecule has 28 heavy (non-hydrogen) atoms. The minimum absolute atomic E-state index is 0.189. The number of nitrogens with zero attached hydrogens (tertiary/aromatic N) is 2. The molecule has 3 rings (SSSR count). The summed E-state index contributed by atoms with van der Waals surface area (Å²) < 4.78 is 31.8. The van der Waals surface area contributed by atoms with Crippen LogP contribution < -0.4 is 9.04 Å². The van der Waals surface area contributed by atoms with Gasteiger partial charge in [0.15, 0.2) is 0 Å². The van der Waals surface area contributed by atoms with Crippen molar-refractivity contribution in [3.05, 3.63) is 90.0 Å². The Balaban J connectivity index is 1.74. The normalized spacial score (nSPS) is 10.7. The molecule has 0 bridgehead atoms. The Morgan fingerprint density at radius 2 is 1.54 bits per heavy atom. The zero-order valence-electron chi connectivity index (χ0n) is 14.9. The first-order valence-electron chi connectivity index (χ1n) is 8.28. The quantitative estimate of drug-likeness (QED) is 0.489. The van der Waals surface area contributed by atoms with E-state index in [0.29, 0.717) is 16.8 Å². The molecule has 0 radical (unpaired) electrons. The first kappa shape index (κ1) is 19.1. The third kappa shape index (κ3) is 4.03. The van der Waals surface area contributed by atoms with Crippen molar-refractivity contribution in [2.75, 3.05) is 11.4 Å². The van der Waals surface area contributed by atoms with Crippen LogP contribution in [0.15, 0.2) is 83.8 Å². The van der Waals surface area contributed by atoms with Crippen molar-refractivity contribution in [1.29, 1.82) is 5.26 Å². The topological polar surface area (TPSA) is 87.5 Å². The average Bonchev–Trinajstić information content (AvgIpc) is 2.74. The fourth-order valence-electron chi connectivity index (χ4n) is 2.46. The number of sulfonamides is 1. The van der Waals surface area contributed by atoms with Gasteiger partial charge in [0.25, 0.3) is 10.0 Å². The fourth-order valence-corrected chi connectivity index (χ4v) is 3.68. The molecule has 0 saturated heterocycles. The Morgan fingerprint density at radius 3 is 2.11 bits per heavy atom. The van der Waals surface area contributed by atoms with Gasteiger partial charge in [-0.1, -0.05) is 18.2 Å². The van der Waals surface area contributed by atoms with Gasteiger partial charge in [-0.2, -0.15) is 5.26 Å². The van der Waals surface area contributed by atoms with Crippen LogP contribution in [0.5, 0.6) is 5.75 Å².